The van der Waals surface area contributed by atoms with Gasteiger partial charge in [0.15, 0.2) is 0 Å². The van der Waals surface area contributed by atoms with E-state index in [2.05, 4.69) is 36.8 Å². The number of hydrogen-bond acceptors (Lipinski definition) is 1. The van der Waals surface area contributed by atoms with Crippen LogP contribution in [0.2, 0.25) is 0 Å². The van der Waals surface area contributed by atoms with E-state index in [-0.39, 0.29) is 0 Å². The van der Waals surface area contributed by atoms with Crippen LogP contribution in [-0.2, 0) is 0 Å². The Morgan fingerprint density at radius 1 is 0.537 bits per heavy atom. The van der Waals surface area contributed by atoms with Gasteiger partial charge in [-0.3, -0.25) is 0 Å². The van der Waals surface area contributed by atoms with Gasteiger partial charge in [-0.25, -0.2) is 0 Å². The SMILES string of the molecule is CC1C2CCCCC2C(C2CCCCC2)NC1C1CC=CC2C1C1C=CCCC1C21C2CCCCC2C2CC3=C(CC21)C1CCCCC1C1=C3CCCC1. The molecule has 0 bridgehead atoms. The molecule has 17 atom stereocenters. The molecule has 1 nitrogen and oxygen atoms in total. The predicted octanol–water partition coefficient (Wildman–Crippen LogP) is 13.6. The highest BCUT2D eigenvalue weighted by atomic mass is 15.0. The van der Waals surface area contributed by atoms with Crippen LogP contribution >= 0.6 is 0 Å². The summed E-state index contributed by atoms with van der Waals surface area (Å²) >= 11 is 0. The molecule has 1 aliphatic heterocycles. The van der Waals surface area contributed by atoms with Gasteiger partial charge in [0.2, 0.25) is 0 Å². The normalized spacial score (nSPS) is 52.5. The van der Waals surface area contributed by atoms with Gasteiger partial charge in [0, 0.05) is 12.1 Å². The average Bonchev–Trinajstić information content (AvgIpc) is 3.71. The van der Waals surface area contributed by atoms with E-state index in [0.29, 0.717) is 5.41 Å². The minimum atomic E-state index is 0.559. The van der Waals surface area contributed by atoms with E-state index in [0.717, 1.165) is 101 Å². The van der Waals surface area contributed by atoms with Gasteiger partial charge in [-0.1, -0.05) is 100 Å². The fraction of sp³-hybridized carbons (Fsp3) is 0.849. The molecule has 1 heteroatoms. The highest BCUT2D eigenvalue weighted by Crippen LogP contribution is 2.78. The summed E-state index contributed by atoms with van der Waals surface area (Å²) in [6.07, 6.45) is 50.4. The van der Waals surface area contributed by atoms with E-state index < -0.39 is 0 Å². The lowest BCUT2D eigenvalue weighted by molar-refractivity contribution is -0.0258. The second-order valence-electron chi connectivity index (χ2n) is 22.7. The van der Waals surface area contributed by atoms with Crippen LogP contribution < -0.4 is 5.32 Å². The maximum Gasteiger partial charge on any atom is 0.0133 e. The van der Waals surface area contributed by atoms with Gasteiger partial charge in [0.1, 0.15) is 0 Å². The molecule has 0 aromatic heterocycles. The maximum atomic E-state index is 4.77. The first-order chi connectivity index (χ1) is 26.7. The fourth-order valence-corrected chi connectivity index (χ4v) is 19.9. The van der Waals surface area contributed by atoms with Crippen LogP contribution in [0.3, 0.4) is 0 Å². The Labute approximate surface area is 330 Å². The molecule has 54 heavy (non-hydrogen) atoms. The molecule has 294 valence electrons. The van der Waals surface area contributed by atoms with Crippen LogP contribution in [0.15, 0.2) is 46.6 Å². The third kappa shape index (κ3) is 4.96. The summed E-state index contributed by atoms with van der Waals surface area (Å²) in [5.41, 5.74) is 8.69. The van der Waals surface area contributed by atoms with Crippen LogP contribution in [0.25, 0.3) is 0 Å². The first-order valence-electron chi connectivity index (χ1n) is 25.3. The number of allylic oxidation sites excluding steroid dienone is 8. The second kappa shape index (κ2) is 13.8. The minimum Gasteiger partial charge on any atom is -0.310 e. The quantitative estimate of drug-likeness (QED) is 0.279. The summed E-state index contributed by atoms with van der Waals surface area (Å²) in [6.45, 7) is 2.78. The smallest absolute Gasteiger partial charge is 0.0133 e. The van der Waals surface area contributed by atoms with E-state index in [1.165, 1.54) is 154 Å². The predicted molar refractivity (Wildman–Crippen MR) is 224 cm³/mol. The molecule has 1 spiro atoms. The summed E-state index contributed by atoms with van der Waals surface area (Å²) in [5.74, 6) is 13.9. The first kappa shape index (κ1) is 34.9. The van der Waals surface area contributed by atoms with Crippen molar-refractivity contribution in [2.45, 2.75) is 186 Å². The molecule has 0 radical (unpaired) electrons. The Balaban J connectivity index is 0.955. The molecule has 0 aromatic carbocycles. The summed E-state index contributed by atoms with van der Waals surface area (Å²) in [7, 11) is 0. The Morgan fingerprint density at radius 3 is 2.15 bits per heavy atom. The van der Waals surface area contributed by atoms with Crippen LogP contribution in [0.4, 0.5) is 0 Å². The van der Waals surface area contributed by atoms with Gasteiger partial charge in [0.25, 0.3) is 0 Å². The maximum absolute atomic E-state index is 4.77. The standard InChI is InChI=1S/C53H77N/c1-32-34-18-5-10-24-40(34)52(33-16-3-2-4-17-33)54-51(32)42-26-15-29-48-50(42)41-25-12-14-28-47(41)53(48)46-27-13-11-23-39(46)45-30-43-37-21-8-6-19-35(37)36-20-7-9-22-38(36)44(43)31-49(45)53/h12,15,25,29,32-34,36,38-42,45-52,54H,2-11,13-14,16-24,26-28,30-31H2,1H3. The van der Waals surface area contributed by atoms with Gasteiger partial charge < -0.3 is 5.32 Å². The molecule has 0 aromatic rings. The van der Waals surface area contributed by atoms with Gasteiger partial charge in [-0.2, -0.15) is 0 Å². The third-order valence-electron chi connectivity index (χ3n) is 21.3. The molecule has 11 aliphatic carbocycles. The zero-order valence-corrected chi connectivity index (χ0v) is 34.5. The van der Waals surface area contributed by atoms with E-state index in [4.69, 9.17) is 5.32 Å². The van der Waals surface area contributed by atoms with E-state index in [1.807, 2.05) is 16.7 Å². The molecule has 12 rings (SSSR count). The summed E-state index contributed by atoms with van der Waals surface area (Å²) in [6, 6.07) is 1.54. The lowest BCUT2D eigenvalue weighted by Gasteiger charge is -2.56. The lowest BCUT2D eigenvalue weighted by Crippen LogP contribution is -2.63. The molecular formula is C53H77N. The second-order valence-corrected chi connectivity index (χ2v) is 22.7. The van der Waals surface area contributed by atoms with Crippen molar-refractivity contribution in [3.05, 3.63) is 46.6 Å². The van der Waals surface area contributed by atoms with Crippen molar-refractivity contribution in [2.24, 2.45) is 94.2 Å². The van der Waals surface area contributed by atoms with Crippen molar-refractivity contribution in [3.8, 4) is 0 Å². The van der Waals surface area contributed by atoms with Crippen LogP contribution in [0.1, 0.15) is 174 Å². The van der Waals surface area contributed by atoms with Gasteiger partial charge in [-0.15, -0.1) is 0 Å². The highest BCUT2D eigenvalue weighted by molar-refractivity contribution is 5.49. The molecule has 7 fully saturated rings. The van der Waals surface area contributed by atoms with Crippen molar-refractivity contribution in [2.75, 3.05) is 0 Å². The molecule has 1 N–H and O–H groups in total. The Morgan fingerprint density at radius 2 is 1.28 bits per heavy atom. The zero-order chi connectivity index (χ0) is 35.5. The highest BCUT2D eigenvalue weighted by Gasteiger charge is 2.73. The molecule has 0 amide bonds. The first-order valence-corrected chi connectivity index (χ1v) is 25.3. The average molecular weight is 728 g/mol. The van der Waals surface area contributed by atoms with Gasteiger partial charge >= 0.3 is 0 Å². The van der Waals surface area contributed by atoms with Crippen molar-refractivity contribution >= 4 is 0 Å². The van der Waals surface area contributed by atoms with E-state index >= 15 is 0 Å². The summed E-state index contributed by atoms with van der Waals surface area (Å²) < 4.78 is 0. The zero-order valence-electron chi connectivity index (χ0n) is 34.5. The van der Waals surface area contributed by atoms with Gasteiger partial charge in [0.05, 0.1) is 0 Å². The van der Waals surface area contributed by atoms with Crippen LogP contribution in [0.5, 0.6) is 0 Å². The molecule has 6 saturated carbocycles. The minimum absolute atomic E-state index is 0.559. The van der Waals surface area contributed by atoms with Crippen molar-refractivity contribution in [3.63, 3.8) is 0 Å². The monoisotopic (exact) mass is 728 g/mol. The van der Waals surface area contributed by atoms with Gasteiger partial charge in [-0.05, 0) is 214 Å². The number of hydrogen-bond donors (Lipinski definition) is 1. The number of piperidine rings is 1. The third-order valence-corrected chi connectivity index (χ3v) is 21.3. The Hall–Kier alpha value is -1.08. The number of fused-ring (bicyclic) bond motifs is 15. The summed E-state index contributed by atoms with van der Waals surface area (Å²) in [5, 5.41) is 4.77. The van der Waals surface area contributed by atoms with Crippen molar-refractivity contribution in [1.82, 2.24) is 5.32 Å². The Bertz CT molecular complexity index is 1570. The van der Waals surface area contributed by atoms with Crippen molar-refractivity contribution < 1.29 is 0 Å². The molecule has 1 heterocycles. The fourth-order valence-electron chi connectivity index (χ4n) is 19.9. The largest absolute Gasteiger partial charge is 0.310 e. The van der Waals surface area contributed by atoms with Crippen LogP contribution in [-0.4, -0.2) is 12.1 Å². The van der Waals surface area contributed by atoms with Crippen molar-refractivity contribution in [1.29, 1.82) is 0 Å². The summed E-state index contributed by atoms with van der Waals surface area (Å²) in [4.78, 5) is 0. The molecule has 17 unspecified atom stereocenters. The number of nitrogens with one attached hydrogen (secondary N) is 1. The molecular weight excluding hydrogens is 651 g/mol. The topological polar surface area (TPSA) is 12.0 Å². The lowest BCUT2D eigenvalue weighted by atomic mass is 9.51. The number of rotatable bonds is 2. The van der Waals surface area contributed by atoms with Crippen LogP contribution in [0, 0.1) is 94.2 Å². The molecule has 12 aliphatic rings. The Kier molecular flexibility index (Phi) is 8.90. The van der Waals surface area contributed by atoms with E-state index in [9.17, 15) is 0 Å². The van der Waals surface area contributed by atoms with E-state index in [1.54, 1.807) is 12.8 Å². The molecule has 1 saturated heterocycles.